The molecule has 0 aliphatic carbocycles. The molecule has 3 heterocycles. The smallest absolute Gasteiger partial charge is 0.258 e. The largest absolute Gasteiger partial charge is 0.472 e. The van der Waals surface area contributed by atoms with Crippen molar-refractivity contribution < 1.29 is 18.4 Å². The normalized spacial score (nSPS) is 16.6. The number of carbonyl (C=O) groups excluding carboxylic acids is 2. The number of furan rings is 1. The van der Waals surface area contributed by atoms with E-state index in [0.29, 0.717) is 5.56 Å². The molecule has 3 rings (SSSR count). The lowest BCUT2D eigenvalue weighted by molar-refractivity contribution is -0.135. The van der Waals surface area contributed by atoms with Crippen LogP contribution in [0.5, 0.6) is 0 Å². The fourth-order valence-electron chi connectivity index (χ4n) is 2.70. The van der Waals surface area contributed by atoms with Gasteiger partial charge in [-0.3, -0.25) is 14.6 Å². The summed E-state index contributed by atoms with van der Waals surface area (Å²) in [6.45, 7) is 0.650. The van der Waals surface area contributed by atoms with Crippen molar-refractivity contribution >= 4 is 11.8 Å². The van der Waals surface area contributed by atoms with Crippen molar-refractivity contribution in [2.45, 2.75) is 25.1 Å². The second-order valence-electron chi connectivity index (χ2n) is 5.81. The first-order chi connectivity index (χ1) is 11.6. The van der Waals surface area contributed by atoms with Gasteiger partial charge in [0.1, 0.15) is 6.26 Å². The van der Waals surface area contributed by atoms with E-state index in [9.17, 15) is 14.0 Å². The summed E-state index contributed by atoms with van der Waals surface area (Å²) in [5, 5.41) is 2.62. The predicted octanol–water partition coefficient (Wildman–Crippen LogP) is 1.94. The van der Waals surface area contributed by atoms with Crippen LogP contribution < -0.4 is 5.32 Å². The summed E-state index contributed by atoms with van der Waals surface area (Å²) >= 11 is 0. The molecular formula is C17H18FN3O3. The standard InChI is InChI=1S/C17H18FN3O3/c18-17(16(23)20-11-13-1-6-19-7-2-13)4-8-21(9-5-17)15(22)14-3-10-24-12-14/h1-3,6-7,10,12H,4-5,8-9,11H2,(H,20,23). The van der Waals surface area contributed by atoms with Crippen LogP contribution in [0.1, 0.15) is 28.8 Å². The number of rotatable bonds is 4. The number of piperidine rings is 1. The molecule has 1 N–H and O–H groups in total. The van der Waals surface area contributed by atoms with Crippen molar-refractivity contribution in [3.05, 3.63) is 54.2 Å². The van der Waals surface area contributed by atoms with Gasteiger partial charge in [0, 0.05) is 44.9 Å². The molecule has 1 aliphatic heterocycles. The lowest BCUT2D eigenvalue weighted by Gasteiger charge is -2.35. The van der Waals surface area contributed by atoms with E-state index in [4.69, 9.17) is 4.42 Å². The molecule has 0 bridgehead atoms. The number of nitrogens with one attached hydrogen (secondary N) is 1. The maximum atomic E-state index is 14.9. The van der Waals surface area contributed by atoms with E-state index in [2.05, 4.69) is 10.3 Å². The van der Waals surface area contributed by atoms with E-state index in [1.807, 2.05) is 0 Å². The van der Waals surface area contributed by atoms with E-state index >= 15 is 0 Å². The van der Waals surface area contributed by atoms with Crippen LogP contribution >= 0.6 is 0 Å². The molecule has 0 radical (unpaired) electrons. The summed E-state index contributed by atoms with van der Waals surface area (Å²) in [5.41, 5.74) is -0.654. The first-order valence-electron chi connectivity index (χ1n) is 7.76. The van der Waals surface area contributed by atoms with E-state index in [-0.39, 0.29) is 38.4 Å². The number of hydrogen-bond donors (Lipinski definition) is 1. The summed E-state index contributed by atoms with van der Waals surface area (Å²) in [6.07, 6.45) is 5.99. The molecule has 1 saturated heterocycles. The van der Waals surface area contributed by atoms with Gasteiger partial charge in [0.2, 0.25) is 0 Å². The number of amides is 2. The summed E-state index contributed by atoms with van der Waals surface area (Å²) < 4.78 is 19.8. The van der Waals surface area contributed by atoms with Crippen molar-refractivity contribution in [3.63, 3.8) is 0 Å². The van der Waals surface area contributed by atoms with E-state index in [1.165, 1.54) is 12.5 Å². The average Bonchev–Trinajstić information content (AvgIpc) is 3.15. The molecule has 2 aromatic rings. The predicted molar refractivity (Wildman–Crippen MR) is 83.8 cm³/mol. The van der Waals surface area contributed by atoms with Gasteiger partial charge in [-0.1, -0.05) is 0 Å². The Labute approximate surface area is 138 Å². The molecule has 2 amide bonds. The molecule has 0 spiro atoms. The minimum absolute atomic E-state index is 0.0151. The Morgan fingerprint density at radius 3 is 2.58 bits per heavy atom. The number of aromatic nitrogens is 1. The third kappa shape index (κ3) is 3.45. The number of hydrogen-bond acceptors (Lipinski definition) is 4. The Bertz CT molecular complexity index is 695. The minimum atomic E-state index is -1.94. The maximum Gasteiger partial charge on any atom is 0.258 e. The van der Waals surface area contributed by atoms with Crippen LogP contribution in [0.25, 0.3) is 0 Å². The van der Waals surface area contributed by atoms with Gasteiger partial charge in [-0.2, -0.15) is 0 Å². The zero-order valence-corrected chi connectivity index (χ0v) is 13.1. The first kappa shape index (κ1) is 16.2. The van der Waals surface area contributed by atoms with Crippen LogP contribution in [0.3, 0.4) is 0 Å². The molecule has 2 aromatic heterocycles. The van der Waals surface area contributed by atoms with Gasteiger partial charge in [0.25, 0.3) is 11.8 Å². The molecule has 126 valence electrons. The number of alkyl halides is 1. The van der Waals surface area contributed by atoms with Crippen LogP contribution in [0.15, 0.2) is 47.5 Å². The zero-order valence-electron chi connectivity index (χ0n) is 13.1. The first-order valence-corrected chi connectivity index (χ1v) is 7.76. The fourth-order valence-corrected chi connectivity index (χ4v) is 2.70. The number of carbonyl (C=O) groups is 2. The maximum absolute atomic E-state index is 14.9. The molecule has 24 heavy (non-hydrogen) atoms. The zero-order chi connectivity index (χ0) is 17.0. The Hall–Kier alpha value is -2.70. The summed E-state index contributed by atoms with van der Waals surface area (Å²) in [6, 6.07) is 5.09. The van der Waals surface area contributed by atoms with E-state index < -0.39 is 11.6 Å². The van der Waals surface area contributed by atoms with Gasteiger partial charge >= 0.3 is 0 Å². The highest BCUT2D eigenvalue weighted by atomic mass is 19.1. The van der Waals surface area contributed by atoms with Gasteiger partial charge in [0.05, 0.1) is 11.8 Å². The second kappa shape index (κ2) is 6.82. The van der Waals surface area contributed by atoms with Crippen LogP contribution in [-0.4, -0.2) is 40.5 Å². The van der Waals surface area contributed by atoms with E-state index in [0.717, 1.165) is 5.56 Å². The van der Waals surface area contributed by atoms with Gasteiger partial charge in [0.15, 0.2) is 5.67 Å². The van der Waals surface area contributed by atoms with Crippen LogP contribution in [0, 0.1) is 0 Å². The van der Waals surface area contributed by atoms with Crippen molar-refractivity contribution in [3.8, 4) is 0 Å². The highest BCUT2D eigenvalue weighted by Crippen LogP contribution is 2.28. The van der Waals surface area contributed by atoms with Crippen molar-refractivity contribution in [1.82, 2.24) is 15.2 Å². The van der Waals surface area contributed by atoms with Gasteiger partial charge in [-0.15, -0.1) is 0 Å². The third-order valence-electron chi connectivity index (χ3n) is 4.22. The highest BCUT2D eigenvalue weighted by Gasteiger charge is 2.42. The van der Waals surface area contributed by atoms with Crippen LogP contribution in [0.2, 0.25) is 0 Å². The van der Waals surface area contributed by atoms with Crippen LogP contribution in [0.4, 0.5) is 4.39 Å². The van der Waals surface area contributed by atoms with Crippen molar-refractivity contribution in [2.75, 3.05) is 13.1 Å². The molecule has 0 atom stereocenters. The number of nitrogens with zero attached hydrogens (tertiary/aromatic N) is 2. The van der Waals surface area contributed by atoms with Crippen LogP contribution in [-0.2, 0) is 11.3 Å². The molecule has 0 unspecified atom stereocenters. The molecule has 1 aliphatic rings. The Kier molecular flexibility index (Phi) is 4.59. The lowest BCUT2D eigenvalue weighted by Crippen LogP contribution is -2.52. The third-order valence-corrected chi connectivity index (χ3v) is 4.22. The second-order valence-corrected chi connectivity index (χ2v) is 5.81. The number of halogens is 1. The monoisotopic (exact) mass is 331 g/mol. The Morgan fingerprint density at radius 1 is 1.25 bits per heavy atom. The fraction of sp³-hybridized carbons (Fsp3) is 0.353. The van der Waals surface area contributed by atoms with E-state index in [1.54, 1.807) is 35.5 Å². The summed E-state index contributed by atoms with van der Waals surface area (Å²) in [4.78, 5) is 29.8. The van der Waals surface area contributed by atoms with Crippen molar-refractivity contribution in [2.24, 2.45) is 0 Å². The van der Waals surface area contributed by atoms with Gasteiger partial charge in [-0.05, 0) is 23.8 Å². The SMILES string of the molecule is O=C(c1ccoc1)N1CCC(F)(C(=O)NCc2ccncc2)CC1. The molecule has 7 heteroatoms. The Morgan fingerprint density at radius 2 is 1.96 bits per heavy atom. The topological polar surface area (TPSA) is 75.4 Å². The molecule has 0 saturated carbocycles. The minimum Gasteiger partial charge on any atom is -0.472 e. The molecule has 0 aromatic carbocycles. The summed E-state index contributed by atoms with van der Waals surface area (Å²) in [7, 11) is 0. The highest BCUT2D eigenvalue weighted by molar-refractivity contribution is 5.94. The summed E-state index contributed by atoms with van der Waals surface area (Å²) in [5.74, 6) is -0.835. The van der Waals surface area contributed by atoms with Gasteiger partial charge in [-0.25, -0.2) is 4.39 Å². The molecule has 1 fully saturated rings. The van der Waals surface area contributed by atoms with Gasteiger partial charge < -0.3 is 14.6 Å². The molecular weight excluding hydrogens is 313 g/mol. The average molecular weight is 331 g/mol. The lowest BCUT2D eigenvalue weighted by atomic mass is 9.92. The molecule has 6 nitrogen and oxygen atoms in total. The quantitative estimate of drug-likeness (QED) is 0.929. The van der Waals surface area contributed by atoms with Crippen molar-refractivity contribution in [1.29, 1.82) is 0 Å². The number of pyridine rings is 1. The Balaban J connectivity index is 1.54. The number of likely N-dealkylation sites (tertiary alicyclic amines) is 1.